The van der Waals surface area contributed by atoms with Crippen LogP contribution in [-0.2, 0) is 14.4 Å². The van der Waals surface area contributed by atoms with Gasteiger partial charge in [-0.05, 0) is 13.2 Å². The van der Waals surface area contributed by atoms with Gasteiger partial charge in [-0.3, -0.25) is 14.4 Å². The molecule has 0 aliphatic rings. The van der Waals surface area contributed by atoms with Crippen LogP contribution in [0.4, 0.5) is 0 Å². The van der Waals surface area contributed by atoms with Gasteiger partial charge in [0.15, 0.2) is 0 Å². The van der Waals surface area contributed by atoms with E-state index in [0.717, 1.165) is 11.8 Å². The minimum Gasteiger partial charge on any atom is -0.480 e. The van der Waals surface area contributed by atoms with Gasteiger partial charge in [0.2, 0.25) is 11.8 Å². The summed E-state index contributed by atoms with van der Waals surface area (Å²) in [6.07, 6.45) is 1.48. The summed E-state index contributed by atoms with van der Waals surface area (Å²) in [6, 6.07) is -0.648. The second kappa shape index (κ2) is 7.91. The maximum atomic E-state index is 11.3. The molecule has 0 unspecified atom stereocenters. The van der Waals surface area contributed by atoms with Crippen LogP contribution in [0.15, 0.2) is 0 Å². The van der Waals surface area contributed by atoms with Gasteiger partial charge >= 0.3 is 5.97 Å². The van der Waals surface area contributed by atoms with Crippen LogP contribution < -0.4 is 16.4 Å². The molecule has 8 heteroatoms. The number of carboxylic acids is 1. The number of thioether (sulfide) groups is 1. The number of hydrogen-bond acceptors (Lipinski definition) is 5. The fourth-order valence-corrected chi connectivity index (χ4v) is 1.42. The van der Waals surface area contributed by atoms with E-state index in [-0.39, 0.29) is 19.0 Å². The highest BCUT2D eigenvalue weighted by atomic mass is 32.2. The summed E-state index contributed by atoms with van der Waals surface area (Å²) in [5.74, 6) is -1.85. The van der Waals surface area contributed by atoms with E-state index in [1.807, 2.05) is 0 Å². The molecule has 0 rings (SSSR count). The van der Waals surface area contributed by atoms with Gasteiger partial charge in [0.05, 0.1) is 12.7 Å². The van der Waals surface area contributed by atoms with Crippen molar-refractivity contribution in [2.45, 2.75) is 24.6 Å². The number of hydrogen-bond donors (Lipinski definition) is 4. The van der Waals surface area contributed by atoms with E-state index in [9.17, 15) is 14.4 Å². The Balaban J connectivity index is 3.87. The lowest BCUT2D eigenvalue weighted by Crippen LogP contribution is -2.44. The van der Waals surface area contributed by atoms with Crippen molar-refractivity contribution in [3.05, 3.63) is 0 Å². The Morgan fingerprint density at radius 1 is 1.35 bits per heavy atom. The number of carbonyl (C=O) groups is 3. The van der Waals surface area contributed by atoms with Crippen molar-refractivity contribution < 1.29 is 19.5 Å². The smallest absolute Gasteiger partial charge is 0.317 e. The zero-order valence-electron chi connectivity index (χ0n) is 9.73. The third kappa shape index (κ3) is 6.80. The van der Waals surface area contributed by atoms with Crippen molar-refractivity contribution in [1.29, 1.82) is 0 Å². The predicted molar refractivity (Wildman–Crippen MR) is 64.4 cm³/mol. The molecule has 98 valence electrons. The summed E-state index contributed by atoms with van der Waals surface area (Å²) in [5, 5.41) is 12.7. The second-order valence-electron chi connectivity index (χ2n) is 3.37. The Morgan fingerprint density at radius 3 is 2.35 bits per heavy atom. The quantitative estimate of drug-likeness (QED) is 0.425. The molecule has 5 N–H and O–H groups in total. The minimum atomic E-state index is -1.03. The van der Waals surface area contributed by atoms with Crippen molar-refractivity contribution in [2.75, 3.05) is 12.9 Å². The number of rotatable bonds is 7. The maximum Gasteiger partial charge on any atom is 0.317 e. The van der Waals surface area contributed by atoms with E-state index in [1.165, 1.54) is 6.92 Å². The van der Waals surface area contributed by atoms with Crippen LogP contribution in [0.2, 0.25) is 0 Å². The van der Waals surface area contributed by atoms with Gasteiger partial charge in [-0.2, -0.15) is 0 Å². The molecular weight excluding hydrogens is 246 g/mol. The van der Waals surface area contributed by atoms with Gasteiger partial charge < -0.3 is 21.5 Å². The lowest BCUT2D eigenvalue weighted by atomic mass is 10.3. The third-order valence-corrected chi connectivity index (χ3v) is 2.83. The zero-order chi connectivity index (χ0) is 13.4. The summed E-state index contributed by atoms with van der Waals surface area (Å²) in [6.45, 7) is 1.46. The van der Waals surface area contributed by atoms with Crippen LogP contribution in [0.25, 0.3) is 0 Å². The average Bonchev–Trinajstić information content (AvgIpc) is 2.25. The standard InChI is InChI=1S/C9H17N3O4S/c1-5(10)8(14)12-4-11-7(13)3-6(17-2)9(15)16/h5-6H,3-4,10H2,1-2H3,(H,11,13)(H,12,14)(H,15,16)/t5-,6+/m0/s1. The first-order chi connectivity index (χ1) is 7.88. The molecule has 0 heterocycles. The molecule has 0 saturated heterocycles. The lowest BCUT2D eigenvalue weighted by molar-refractivity contribution is -0.138. The topological polar surface area (TPSA) is 122 Å². The fraction of sp³-hybridized carbons (Fsp3) is 0.667. The largest absolute Gasteiger partial charge is 0.480 e. The van der Waals surface area contributed by atoms with Gasteiger partial charge in [0.1, 0.15) is 5.25 Å². The zero-order valence-corrected chi connectivity index (χ0v) is 10.5. The fourth-order valence-electron chi connectivity index (χ4n) is 0.903. The second-order valence-corrected chi connectivity index (χ2v) is 4.41. The monoisotopic (exact) mass is 263 g/mol. The molecule has 0 aromatic carbocycles. The average molecular weight is 263 g/mol. The summed E-state index contributed by atoms with van der Waals surface area (Å²) in [5.41, 5.74) is 5.29. The van der Waals surface area contributed by atoms with E-state index in [1.54, 1.807) is 6.26 Å². The molecule has 2 amide bonds. The predicted octanol–water partition coefficient (Wildman–Crippen LogP) is -1.27. The number of aliphatic carboxylic acids is 1. The van der Waals surface area contributed by atoms with E-state index in [0.29, 0.717) is 0 Å². The van der Waals surface area contributed by atoms with E-state index >= 15 is 0 Å². The molecule has 0 radical (unpaired) electrons. The van der Waals surface area contributed by atoms with Crippen LogP contribution >= 0.6 is 11.8 Å². The summed E-state index contributed by atoms with van der Waals surface area (Å²) >= 11 is 1.08. The molecule has 0 fully saturated rings. The highest BCUT2D eigenvalue weighted by Gasteiger charge is 2.19. The molecule has 0 spiro atoms. The van der Waals surface area contributed by atoms with Gasteiger partial charge in [-0.1, -0.05) is 0 Å². The molecular formula is C9H17N3O4S. The molecule has 17 heavy (non-hydrogen) atoms. The van der Waals surface area contributed by atoms with E-state index < -0.39 is 23.2 Å². The summed E-state index contributed by atoms with van der Waals surface area (Å²) in [7, 11) is 0. The number of nitrogens with one attached hydrogen (secondary N) is 2. The Labute approximate surface area is 104 Å². The van der Waals surface area contributed by atoms with Crippen molar-refractivity contribution in [3.8, 4) is 0 Å². The normalized spacial score (nSPS) is 13.6. The van der Waals surface area contributed by atoms with Crippen LogP contribution in [0.3, 0.4) is 0 Å². The highest BCUT2D eigenvalue weighted by Crippen LogP contribution is 2.10. The van der Waals surface area contributed by atoms with Crippen molar-refractivity contribution in [2.24, 2.45) is 5.73 Å². The Kier molecular flexibility index (Phi) is 7.31. The minimum absolute atomic E-state index is 0.0556. The molecule has 0 aliphatic carbocycles. The van der Waals surface area contributed by atoms with Gasteiger partial charge in [-0.25, -0.2) is 0 Å². The van der Waals surface area contributed by atoms with Gasteiger partial charge in [-0.15, -0.1) is 11.8 Å². The lowest BCUT2D eigenvalue weighted by Gasteiger charge is -2.11. The highest BCUT2D eigenvalue weighted by molar-refractivity contribution is 7.99. The maximum absolute atomic E-state index is 11.3. The molecule has 0 aromatic heterocycles. The summed E-state index contributed by atoms with van der Waals surface area (Å²) in [4.78, 5) is 33.0. The molecule has 0 aliphatic heterocycles. The van der Waals surface area contributed by atoms with Crippen molar-refractivity contribution in [3.63, 3.8) is 0 Å². The number of carboxylic acid groups (broad SMARTS) is 1. The molecule has 7 nitrogen and oxygen atoms in total. The Morgan fingerprint density at radius 2 is 1.94 bits per heavy atom. The van der Waals surface area contributed by atoms with Crippen LogP contribution in [-0.4, -0.2) is 47.1 Å². The number of nitrogens with two attached hydrogens (primary N) is 1. The van der Waals surface area contributed by atoms with Crippen molar-refractivity contribution >= 4 is 29.5 Å². The third-order valence-electron chi connectivity index (χ3n) is 1.89. The van der Waals surface area contributed by atoms with Crippen molar-refractivity contribution in [1.82, 2.24) is 10.6 Å². The van der Waals surface area contributed by atoms with Crippen LogP contribution in [0, 0.1) is 0 Å². The van der Waals surface area contributed by atoms with E-state index in [4.69, 9.17) is 10.8 Å². The Hall–Kier alpha value is -1.28. The van der Waals surface area contributed by atoms with E-state index in [2.05, 4.69) is 10.6 Å². The molecule has 0 bridgehead atoms. The van der Waals surface area contributed by atoms with Gasteiger partial charge in [0, 0.05) is 6.42 Å². The summed E-state index contributed by atoms with van der Waals surface area (Å²) < 4.78 is 0. The number of amides is 2. The first kappa shape index (κ1) is 15.7. The van der Waals surface area contributed by atoms with Crippen LogP contribution in [0.1, 0.15) is 13.3 Å². The molecule has 0 aromatic rings. The Bertz CT molecular complexity index is 296. The SMILES string of the molecule is CS[C@H](CC(=O)NCNC(=O)[C@H](C)N)C(=O)O. The first-order valence-corrected chi connectivity index (χ1v) is 6.22. The molecule has 0 saturated carbocycles. The van der Waals surface area contributed by atoms with Gasteiger partial charge in [0.25, 0.3) is 0 Å². The molecule has 2 atom stereocenters. The van der Waals surface area contributed by atoms with Crippen LogP contribution in [0.5, 0.6) is 0 Å². The number of carbonyl (C=O) groups excluding carboxylic acids is 2. The first-order valence-electron chi connectivity index (χ1n) is 4.94.